The molecular formula is C13H21N3O. The summed E-state index contributed by atoms with van der Waals surface area (Å²) in [5.41, 5.74) is 6.67. The Kier molecular flexibility index (Phi) is 5.63. The molecule has 1 heterocycles. The lowest BCUT2D eigenvalue weighted by Crippen LogP contribution is -2.36. The Bertz CT molecular complexity index is 340. The third kappa shape index (κ3) is 4.15. The summed E-state index contributed by atoms with van der Waals surface area (Å²) in [6.45, 7) is 3.08. The standard InChI is InChI=1S/C13H21N3O/c1-3-5-12(8-14)13(17)16(2)10-11-6-4-7-15-9-11/h4,6-7,9,12H,3,5,8,10,14H2,1-2H3. The molecule has 0 spiro atoms. The van der Waals surface area contributed by atoms with E-state index in [0.717, 1.165) is 18.4 Å². The highest BCUT2D eigenvalue weighted by atomic mass is 16.2. The normalized spacial score (nSPS) is 12.2. The van der Waals surface area contributed by atoms with E-state index in [2.05, 4.69) is 11.9 Å². The van der Waals surface area contributed by atoms with Crippen LogP contribution in [0.2, 0.25) is 0 Å². The summed E-state index contributed by atoms with van der Waals surface area (Å²) in [4.78, 5) is 17.9. The molecule has 0 fully saturated rings. The Morgan fingerprint density at radius 2 is 2.35 bits per heavy atom. The molecule has 94 valence electrons. The van der Waals surface area contributed by atoms with Gasteiger partial charge >= 0.3 is 0 Å². The van der Waals surface area contributed by atoms with Crippen LogP contribution in [0.15, 0.2) is 24.5 Å². The minimum atomic E-state index is -0.0540. The second kappa shape index (κ2) is 7.01. The first-order valence-corrected chi connectivity index (χ1v) is 6.03. The van der Waals surface area contributed by atoms with Gasteiger partial charge in [-0.3, -0.25) is 9.78 Å². The number of nitrogens with two attached hydrogens (primary N) is 1. The molecule has 1 unspecified atom stereocenters. The number of rotatable bonds is 6. The van der Waals surface area contributed by atoms with E-state index in [1.54, 1.807) is 17.3 Å². The van der Waals surface area contributed by atoms with E-state index >= 15 is 0 Å². The van der Waals surface area contributed by atoms with Crippen molar-refractivity contribution < 1.29 is 4.79 Å². The first kappa shape index (κ1) is 13.6. The van der Waals surface area contributed by atoms with Crippen molar-refractivity contribution in [2.45, 2.75) is 26.3 Å². The topological polar surface area (TPSA) is 59.2 Å². The number of amides is 1. The maximum Gasteiger partial charge on any atom is 0.226 e. The van der Waals surface area contributed by atoms with Gasteiger partial charge in [0.2, 0.25) is 5.91 Å². The van der Waals surface area contributed by atoms with Crippen molar-refractivity contribution in [3.63, 3.8) is 0 Å². The van der Waals surface area contributed by atoms with Crippen LogP contribution in [0, 0.1) is 5.92 Å². The number of hydrogen-bond acceptors (Lipinski definition) is 3. The quantitative estimate of drug-likeness (QED) is 0.811. The molecule has 0 bridgehead atoms. The molecule has 1 aromatic rings. The fraction of sp³-hybridized carbons (Fsp3) is 0.538. The summed E-state index contributed by atoms with van der Waals surface area (Å²) in [7, 11) is 1.81. The molecule has 0 radical (unpaired) electrons. The van der Waals surface area contributed by atoms with Gasteiger partial charge in [0.05, 0.1) is 5.92 Å². The maximum atomic E-state index is 12.1. The Morgan fingerprint density at radius 3 is 2.88 bits per heavy atom. The van der Waals surface area contributed by atoms with E-state index in [-0.39, 0.29) is 11.8 Å². The predicted molar refractivity (Wildman–Crippen MR) is 68.2 cm³/mol. The average Bonchev–Trinajstić information content (AvgIpc) is 2.36. The summed E-state index contributed by atoms with van der Waals surface area (Å²) in [6, 6.07) is 3.84. The number of carbonyl (C=O) groups is 1. The van der Waals surface area contributed by atoms with Gasteiger partial charge in [-0.1, -0.05) is 19.4 Å². The third-order valence-electron chi connectivity index (χ3n) is 2.79. The molecule has 0 aliphatic heterocycles. The van der Waals surface area contributed by atoms with Crippen molar-refractivity contribution >= 4 is 5.91 Å². The lowest BCUT2D eigenvalue weighted by atomic mass is 10.0. The average molecular weight is 235 g/mol. The molecule has 1 aromatic heterocycles. The summed E-state index contributed by atoms with van der Waals surface area (Å²) in [5, 5.41) is 0. The van der Waals surface area contributed by atoms with Crippen molar-refractivity contribution in [2.24, 2.45) is 11.7 Å². The Labute approximate surface area is 103 Å². The fourth-order valence-corrected chi connectivity index (χ4v) is 1.85. The summed E-state index contributed by atoms with van der Waals surface area (Å²) >= 11 is 0. The molecule has 1 amide bonds. The van der Waals surface area contributed by atoms with Gasteiger partial charge in [0.25, 0.3) is 0 Å². The van der Waals surface area contributed by atoms with Crippen molar-refractivity contribution in [3.05, 3.63) is 30.1 Å². The predicted octanol–water partition coefficient (Wildman–Crippen LogP) is 1.41. The van der Waals surface area contributed by atoms with E-state index in [9.17, 15) is 4.79 Å². The van der Waals surface area contributed by atoms with Crippen LogP contribution in [-0.2, 0) is 11.3 Å². The molecular weight excluding hydrogens is 214 g/mol. The zero-order chi connectivity index (χ0) is 12.7. The van der Waals surface area contributed by atoms with Crippen LogP contribution in [-0.4, -0.2) is 29.4 Å². The summed E-state index contributed by atoms with van der Waals surface area (Å²) in [5.74, 6) is 0.0693. The largest absolute Gasteiger partial charge is 0.341 e. The molecule has 0 aliphatic rings. The Morgan fingerprint density at radius 1 is 1.59 bits per heavy atom. The zero-order valence-corrected chi connectivity index (χ0v) is 10.6. The molecule has 4 heteroatoms. The van der Waals surface area contributed by atoms with Gasteiger partial charge in [0, 0.05) is 32.5 Å². The first-order chi connectivity index (χ1) is 8.19. The number of hydrogen-bond donors (Lipinski definition) is 1. The summed E-state index contributed by atoms with van der Waals surface area (Å²) in [6.07, 6.45) is 5.34. The van der Waals surface area contributed by atoms with Gasteiger partial charge in [0.1, 0.15) is 0 Å². The Balaban J connectivity index is 2.57. The van der Waals surface area contributed by atoms with Gasteiger partial charge in [-0.2, -0.15) is 0 Å². The van der Waals surface area contributed by atoms with Crippen molar-refractivity contribution in [2.75, 3.05) is 13.6 Å². The SMILES string of the molecule is CCCC(CN)C(=O)N(C)Cc1cccnc1. The van der Waals surface area contributed by atoms with Gasteiger partial charge in [-0.25, -0.2) is 0 Å². The fourth-order valence-electron chi connectivity index (χ4n) is 1.85. The zero-order valence-electron chi connectivity index (χ0n) is 10.6. The minimum Gasteiger partial charge on any atom is -0.341 e. The number of aromatic nitrogens is 1. The summed E-state index contributed by atoms with van der Waals surface area (Å²) < 4.78 is 0. The van der Waals surface area contributed by atoms with Gasteiger partial charge in [-0.05, 0) is 18.1 Å². The monoisotopic (exact) mass is 235 g/mol. The van der Waals surface area contributed by atoms with Gasteiger partial charge in [0.15, 0.2) is 0 Å². The molecule has 4 nitrogen and oxygen atoms in total. The van der Waals surface area contributed by atoms with Gasteiger partial charge in [-0.15, -0.1) is 0 Å². The van der Waals surface area contributed by atoms with E-state index in [1.165, 1.54) is 0 Å². The molecule has 17 heavy (non-hydrogen) atoms. The number of carbonyl (C=O) groups excluding carboxylic acids is 1. The van der Waals surface area contributed by atoms with Crippen LogP contribution in [0.25, 0.3) is 0 Å². The molecule has 2 N–H and O–H groups in total. The van der Waals surface area contributed by atoms with Crippen molar-refractivity contribution in [1.29, 1.82) is 0 Å². The lowest BCUT2D eigenvalue weighted by Gasteiger charge is -2.22. The third-order valence-corrected chi connectivity index (χ3v) is 2.79. The first-order valence-electron chi connectivity index (χ1n) is 6.03. The van der Waals surface area contributed by atoms with Crippen LogP contribution in [0.4, 0.5) is 0 Å². The molecule has 1 rings (SSSR count). The second-order valence-corrected chi connectivity index (χ2v) is 4.28. The minimum absolute atomic E-state index is 0.0540. The highest BCUT2D eigenvalue weighted by molar-refractivity contribution is 5.78. The molecule has 1 atom stereocenters. The van der Waals surface area contributed by atoms with Gasteiger partial charge < -0.3 is 10.6 Å². The highest BCUT2D eigenvalue weighted by Gasteiger charge is 2.19. The Hall–Kier alpha value is -1.42. The van der Waals surface area contributed by atoms with Crippen molar-refractivity contribution in [3.8, 4) is 0 Å². The maximum absolute atomic E-state index is 12.1. The van der Waals surface area contributed by atoms with Crippen LogP contribution in [0.1, 0.15) is 25.3 Å². The van der Waals surface area contributed by atoms with Crippen LogP contribution in [0.3, 0.4) is 0 Å². The van der Waals surface area contributed by atoms with E-state index in [0.29, 0.717) is 13.1 Å². The number of nitrogens with zero attached hydrogens (tertiary/aromatic N) is 2. The van der Waals surface area contributed by atoms with Crippen LogP contribution in [0.5, 0.6) is 0 Å². The molecule has 0 saturated heterocycles. The van der Waals surface area contributed by atoms with Crippen LogP contribution < -0.4 is 5.73 Å². The van der Waals surface area contributed by atoms with Crippen molar-refractivity contribution in [1.82, 2.24) is 9.88 Å². The van der Waals surface area contributed by atoms with Crippen LogP contribution >= 0.6 is 0 Å². The van der Waals surface area contributed by atoms with E-state index < -0.39 is 0 Å². The smallest absolute Gasteiger partial charge is 0.226 e. The second-order valence-electron chi connectivity index (χ2n) is 4.28. The van der Waals surface area contributed by atoms with E-state index in [4.69, 9.17) is 5.73 Å². The highest BCUT2D eigenvalue weighted by Crippen LogP contribution is 2.10. The number of pyridine rings is 1. The molecule has 0 aliphatic carbocycles. The van der Waals surface area contributed by atoms with E-state index in [1.807, 2.05) is 19.2 Å². The lowest BCUT2D eigenvalue weighted by molar-refractivity contribution is -0.134. The molecule has 0 saturated carbocycles. The molecule has 0 aromatic carbocycles.